The van der Waals surface area contributed by atoms with Crippen molar-refractivity contribution in [3.63, 3.8) is 0 Å². The third kappa shape index (κ3) is 1.88. The van der Waals surface area contributed by atoms with E-state index in [0.29, 0.717) is 17.1 Å². The lowest BCUT2D eigenvalue weighted by molar-refractivity contribution is 0.0937. The van der Waals surface area contributed by atoms with Crippen LogP contribution in [0.2, 0.25) is 0 Å². The normalized spacial score (nSPS) is 16.6. The minimum atomic E-state index is -0.375. The summed E-state index contributed by atoms with van der Waals surface area (Å²) in [7, 11) is 0. The van der Waals surface area contributed by atoms with Gasteiger partial charge < -0.3 is 10.5 Å². The average Bonchev–Trinajstić information content (AvgIpc) is 3.20. The number of fused-ring (bicyclic) bond motifs is 3. The molecular formula is C18H13N3O2S. The zero-order valence-electron chi connectivity index (χ0n) is 12.8. The van der Waals surface area contributed by atoms with E-state index in [1.54, 1.807) is 4.57 Å². The van der Waals surface area contributed by atoms with E-state index in [9.17, 15) is 10.1 Å². The Labute approximate surface area is 142 Å². The molecule has 0 saturated carbocycles. The Kier molecular flexibility index (Phi) is 3.18. The lowest BCUT2D eigenvalue weighted by Gasteiger charge is -2.25. The predicted octanol–water partition coefficient (Wildman–Crippen LogP) is 3.58. The largest absolute Gasteiger partial charge is 0.442 e. The highest BCUT2D eigenvalue weighted by atomic mass is 32.1. The number of ether oxygens (including phenoxy) is 1. The van der Waals surface area contributed by atoms with Gasteiger partial charge in [0.1, 0.15) is 6.07 Å². The Balaban J connectivity index is 2.13. The zero-order valence-corrected chi connectivity index (χ0v) is 13.6. The Hall–Kier alpha value is -3.04. The molecule has 5 nitrogen and oxygen atoms in total. The molecule has 2 aromatic heterocycles. The molecule has 0 radical (unpaired) electrons. The topological polar surface area (TPSA) is 81.0 Å². The second-order valence-electron chi connectivity index (χ2n) is 5.53. The van der Waals surface area contributed by atoms with E-state index >= 15 is 0 Å². The number of nitrogens with two attached hydrogens (primary N) is 1. The number of hydrogen-bond acceptors (Lipinski definition) is 5. The fourth-order valence-electron chi connectivity index (χ4n) is 3.21. The van der Waals surface area contributed by atoms with E-state index in [0.717, 1.165) is 15.8 Å². The lowest BCUT2D eigenvalue weighted by Crippen LogP contribution is -2.24. The molecule has 0 amide bonds. The average molecular weight is 335 g/mol. The number of thiophene rings is 1. The van der Waals surface area contributed by atoms with Gasteiger partial charge in [-0.05, 0) is 23.6 Å². The van der Waals surface area contributed by atoms with Gasteiger partial charge in [0.2, 0.25) is 11.7 Å². The van der Waals surface area contributed by atoms with E-state index in [-0.39, 0.29) is 17.6 Å². The number of carbonyl (C=O) groups excluding carboxylic acids is 1. The van der Waals surface area contributed by atoms with E-state index in [2.05, 4.69) is 0 Å². The molecule has 4 rings (SSSR count). The predicted molar refractivity (Wildman–Crippen MR) is 91.9 cm³/mol. The highest BCUT2D eigenvalue weighted by Crippen LogP contribution is 2.47. The van der Waals surface area contributed by atoms with E-state index < -0.39 is 0 Å². The summed E-state index contributed by atoms with van der Waals surface area (Å²) >= 11 is 1.54. The number of nitrogens with zero attached hydrogens (tertiary/aromatic N) is 2. The maximum atomic E-state index is 12.4. The van der Waals surface area contributed by atoms with Crippen LogP contribution in [0.5, 0.6) is 5.75 Å². The number of hydrogen-bond donors (Lipinski definition) is 1. The van der Waals surface area contributed by atoms with Crippen LogP contribution in [0.3, 0.4) is 0 Å². The smallest absolute Gasteiger partial charge is 0.228 e. The third-order valence-corrected chi connectivity index (χ3v) is 5.10. The number of allylic oxidation sites excluding steroid dienone is 2. The highest BCUT2D eigenvalue weighted by Gasteiger charge is 2.36. The summed E-state index contributed by atoms with van der Waals surface area (Å²) in [5.41, 5.74) is 8.01. The zero-order chi connectivity index (χ0) is 16.8. The van der Waals surface area contributed by atoms with Crippen molar-refractivity contribution in [1.29, 1.82) is 5.26 Å². The van der Waals surface area contributed by atoms with Gasteiger partial charge in [-0.3, -0.25) is 9.36 Å². The van der Waals surface area contributed by atoms with Gasteiger partial charge in [0.25, 0.3) is 0 Å². The van der Waals surface area contributed by atoms with Crippen molar-refractivity contribution in [3.8, 4) is 11.8 Å². The Morgan fingerprint density at radius 1 is 1.33 bits per heavy atom. The van der Waals surface area contributed by atoms with Crippen LogP contribution in [0, 0.1) is 11.3 Å². The second kappa shape index (κ2) is 5.25. The van der Waals surface area contributed by atoms with Crippen molar-refractivity contribution in [2.24, 2.45) is 5.73 Å². The molecule has 118 valence electrons. The van der Waals surface area contributed by atoms with Crippen molar-refractivity contribution < 1.29 is 9.53 Å². The first-order valence-corrected chi connectivity index (χ1v) is 8.26. The standard InChI is InChI=1S/C18H13N3O2S/c1-10(22)21-12-6-3-2-5-11(12)18-17(21)15(14-7-4-8-24-14)16(20)13(9-19)23-18/h2-8,15H,20H2,1H3/t15-/m0/s1. The van der Waals surface area contributed by atoms with Crippen molar-refractivity contribution in [1.82, 2.24) is 4.57 Å². The van der Waals surface area contributed by atoms with Gasteiger partial charge in [-0.2, -0.15) is 5.26 Å². The summed E-state index contributed by atoms with van der Waals surface area (Å²) in [6.45, 7) is 1.51. The summed E-state index contributed by atoms with van der Waals surface area (Å²) in [4.78, 5) is 13.3. The minimum Gasteiger partial charge on any atom is -0.442 e. The van der Waals surface area contributed by atoms with Gasteiger partial charge in [-0.1, -0.05) is 18.2 Å². The maximum absolute atomic E-state index is 12.4. The SMILES string of the molecule is CC(=O)n1c2c(c3ccccc31)OC(C#N)=C(N)[C@@H]2c1cccs1. The van der Waals surface area contributed by atoms with Gasteiger partial charge in [-0.15, -0.1) is 11.3 Å². The lowest BCUT2D eigenvalue weighted by atomic mass is 9.95. The molecule has 3 aromatic rings. The number of rotatable bonds is 1. The van der Waals surface area contributed by atoms with Gasteiger partial charge >= 0.3 is 0 Å². The van der Waals surface area contributed by atoms with E-state index in [1.165, 1.54) is 18.3 Å². The van der Waals surface area contributed by atoms with Crippen molar-refractivity contribution in [2.45, 2.75) is 12.8 Å². The number of carbonyl (C=O) groups is 1. The second-order valence-corrected chi connectivity index (χ2v) is 6.51. The monoisotopic (exact) mass is 335 g/mol. The van der Waals surface area contributed by atoms with Crippen LogP contribution in [-0.2, 0) is 0 Å². The minimum absolute atomic E-state index is 0.0901. The summed E-state index contributed by atoms with van der Waals surface area (Å²) in [5, 5.41) is 12.2. The summed E-state index contributed by atoms with van der Waals surface area (Å²) in [6, 6.07) is 13.4. The number of para-hydroxylation sites is 1. The first kappa shape index (κ1) is 14.5. The number of aromatic nitrogens is 1. The van der Waals surface area contributed by atoms with Crippen LogP contribution in [0.15, 0.2) is 53.2 Å². The third-order valence-electron chi connectivity index (χ3n) is 4.16. The molecule has 24 heavy (non-hydrogen) atoms. The van der Waals surface area contributed by atoms with Crippen molar-refractivity contribution in [2.75, 3.05) is 0 Å². The Morgan fingerprint density at radius 2 is 2.12 bits per heavy atom. The van der Waals surface area contributed by atoms with Crippen molar-refractivity contribution in [3.05, 3.63) is 63.8 Å². The van der Waals surface area contributed by atoms with Crippen LogP contribution >= 0.6 is 11.3 Å². The fraction of sp³-hybridized carbons (Fsp3) is 0.111. The van der Waals surface area contributed by atoms with Crippen LogP contribution < -0.4 is 10.5 Å². The summed E-state index contributed by atoms with van der Waals surface area (Å²) < 4.78 is 7.43. The van der Waals surface area contributed by atoms with Gasteiger partial charge in [0.15, 0.2) is 5.75 Å². The molecule has 1 atom stereocenters. The quantitative estimate of drug-likeness (QED) is 0.737. The molecule has 1 aromatic carbocycles. The Bertz CT molecular complexity index is 1040. The molecule has 3 heterocycles. The highest BCUT2D eigenvalue weighted by molar-refractivity contribution is 7.10. The molecular weight excluding hydrogens is 322 g/mol. The fourth-order valence-corrected chi connectivity index (χ4v) is 4.05. The number of benzene rings is 1. The molecule has 0 spiro atoms. The summed E-state index contributed by atoms with van der Waals surface area (Å²) in [6.07, 6.45) is 0. The first-order chi connectivity index (χ1) is 11.6. The summed E-state index contributed by atoms with van der Waals surface area (Å²) in [5.74, 6) is 0.128. The van der Waals surface area contributed by atoms with Gasteiger partial charge in [0, 0.05) is 17.2 Å². The molecule has 0 fully saturated rings. The molecule has 1 aliphatic heterocycles. The van der Waals surface area contributed by atoms with Gasteiger partial charge in [-0.25, -0.2) is 0 Å². The van der Waals surface area contributed by atoms with Crippen LogP contribution in [0.1, 0.15) is 28.2 Å². The molecule has 6 heteroatoms. The molecule has 0 aliphatic carbocycles. The molecule has 1 aliphatic rings. The van der Waals surface area contributed by atoms with Crippen LogP contribution in [-0.4, -0.2) is 10.5 Å². The Morgan fingerprint density at radius 3 is 2.79 bits per heavy atom. The molecule has 0 saturated heterocycles. The van der Waals surface area contributed by atoms with Gasteiger partial charge in [0.05, 0.1) is 22.8 Å². The number of nitriles is 1. The molecule has 0 unspecified atom stereocenters. The first-order valence-electron chi connectivity index (χ1n) is 7.38. The van der Waals surface area contributed by atoms with Crippen LogP contribution in [0.4, 0.5) is 0 Å². The molecule has 2 N–H and O–H groups in total. The van der Waals surface area contributed by atoms with Crippen molar-refractivity contribution >= 4 is 28.1 Å². The molecule has 0 bridgehead atoms. The van der Waals surface area contributed by atoms with Crippen LogP contribution in [0.25, 0.3) is 10.9 Å². The maximum Gasteiger partial charge on any atom is 0.228 e. The van der Waals surface area contributed by atoms with E-state index in [1.807, 2.05) is 47.8 Å². The van der Waals surface area contributed by atoms with E-state index in [4.69, 9.17) is 10.5 Å².